The van der Waals surface area contributed by atoms with Crippen molar-refractivity contribution >= 4 is 39.7 Å². The molecule has 0 aromatic heterocycles. The molecule has 1 aromatic rings. The monoisotopic (exact) mass is 448 g/mol. The van der Waals surface area contributed by atoms with Crippen LogP contribution in [0.1, 0.15) is 33.1 Å². The maximum Gasteiger partial charge on any atom is 0.200 e. The maximum absolute atomic E-state index is 13.8. The molecule has 0 radical (unpaired) electrons. The molecule has 1 aliphatic rings. The smallest absolute Gasteiger partial charge is 0.200 e. The van der Waals surface area contributed by atoms with Gasteiger partial charge in [0.2, 0.25) is 5.82 Å². The Morgan fingerprint density at radius 3 is 2.12 bits per heavy atom. The molecule has 1 aromatic carbocycles. The summed E-state index contributed by atoms with van der Waals surface area (Å²) in [7, 11) is 0. The van der Waals surface area contributed by atoms with Crippen molar-refractivity contribution in [2.45, 2.75) is 48.9 Å². The van der Waals surface area contributed by atoms with E-state index in [9.17, 15) is 27.1 Å². The zero-order chi connectivity index (χ0) is 19.8. The van der Waals surface area contributed by atoms with Gasteiger partial charge in [0.05, 0.1) is 16.1 Å². The number of aliphatic hydroxyl groups excluding tert-OH is 1. The molecule has 0 bridgehead atoms. The molecule has 0 saturated heterocycles. The van der Waals surface area contributed by atoms with E-state index in [-0.39, 0.29) is 5.92 Å². The van der Waals surface area contributed by atoms with Crippen LogP contribution in [0.25, 0.3) is 0 Å². The SMILES string of the molecule is C=C(C)[C@@H]1CC[C@](C)(S[PH](=S)Sc2c(F)c(F)c(F)c(F)c2F)C(O)C1. The lowest BCUT2D eigenvalue weighted by Gasteiger charge is -2.41. The van der Waals surface area contributed by atoms with Crippen molar-refractivity contribution in [1.82, 2.24) is 0 Å². The molecule has 1 aliphatic carbocycles. The first-order chi connectivity index (χ1) is 12.0. The molecule has 1 fully saturated rings. The van der Waals surface area contributed by atoms with E-state index < -0.39 is 49.9 Å². The fourth-order valence-corrected chi connectivity index (χ4v) is 12.5. The number of halogens is 5. The van der Waals surface area contributed by atoms with Gasteiger partial charge in [-0.1, -0.05) is 35.3 Å². The molecule has 0 heterocycles. The minimum Gasteiger partial charge on any atom is -0.392 e. The first kappa shape index (κ1) is 22.2. The van der Waals surface area contributed by atoms with Crippen LogP contribution >= 0.6 is 27.9 Å². The largest absolute Gasteiger partial charge is 0.392 e. The Kier molecular flexibility index (Phi) is 7.27. The summed E-state index contributed by atoms with van der Waals surface area (Å²) in [5.74, 6) is -9.67. The zero-order valence-corrected chi connectivity index (χ0v) is 17.5. The van der Waals surface area contributed by atoms with Crippen LogP contribution in [0.15, 0.2) is 17.0 Å². The Bertz CT molecular complexity index is 731. The molecule has 4 atom stereocenters. The molecule has 2 unspecified atom stereocenters. The quantitative estimate of drug-likeness (QED) is 0.190. The van der Waals surface area contributed by atoms with Crippen LogP contribution in [0.5, 0.6) is 0 Å². The average molecular weight is 448 g/mol. The van der Waals surface area contributed by atoms with E-state index in [1.807, 2.05) is 13.8 Å². The minimum atomic E-state index is -2.18. The number of benzene rings is 1. The zero-order valence-electron chi connectivity index (χ0n) is 14.0. The number of rotatable bonds is 5. The number of hydrogen-bond donors (Lipinski definition) is 1. The second kappa shape index (κ2) is 8.52. The predicted molar refractivity (Wildman–Crippen MR) is 102 cm³/mol. The highest BCUT2D eigenvalue weighted by Crippen LogP contribution is 2.63. The molecule has 1 N–H and O–H groups in total. The van der Waals surface area contributed by atoms with E-state index in [0.29, 0.717) is 24.2 Å². The minimum absolute atomic E-state index is 0.197. The summed E-state index contributed by atoms with van der Waals surface area (Å²) >= 11 is 6.96. The third kappa shape index (κ3) is 4.49. The van der Waals surface area contributed by atoms with Crippen LogP contribution in [0.3, 0.4) is 0 Å². The van der Waals surface area contributed by atoms with E-state index in [1.165, 1.54) is 11.4 Å². The number of hydrogen-bond acceptors (Lipinski definition) is 4. The lowest BCUT2D eigenvalue weighted by molar-refractivity contribution is 0.0804. The summed E-state index contributed by atoms with van der Waals surface area (Å²) in [4.78, 5) is -0.952. The van der Waals surface area contributed by atoms with E-state index in [0.717, 1.165) is 12.0 Å². The van der Waals surface area contributed by atoms with Gasteiger partial charge in [-0.3, -0.25) is 0 Å². The van der Waals surface area contributed by atoms with Crippen molar-refractivity contribution in [2.24, 2.45) is 5.92 Å². The van der Waals surface area contributed by atoms with Gasteiger partial charge in [-0.2, -0.15) is 0 Å². The number of aliphatic hydroxyl groups is 1. The van der Waals surface area contributed by atoms with Crippen molar-refractivity contribution in [1.29, 1.82) is 0 Å². The highest BCUT2D eigenvalue weighted by Gasteiger charge is 2.41. The maximum atomic E-state index is 13.8. The molecule has 26 heavy (non-hydrogen) atoms. The lowest BCUT2D eigenvalue weighted by Crippen LogP contribution is -2.41. The topological polar surface area (TPSA) is 20.2 Å². The van der Waals surface area contributed by atoms with Gasteiger partial charge in [0.25, 0.3) is 0 Å². The Hall–Kier alpha value is -0.0800. The second-order valence-electron chi connectivity index (χ2n) is 6.50. The lowest BCUT2D eigenvalue weighted by atomic mass is 9.77. The molecule has 1 saturated carbocycles. The van der Waals surface area contributed by atoms with E-state index in [1.54, 1.807) is 0 Å². The van der Waals surface area contributed by atoms with Crippen molar-refractivity contribution in [3.8, 4) is 0 Å². The van der Waals surface area contributed by atoms with Crippen molar-refractivity contribution in [2.75, 3.05) is 0 Å². The average Bonchev–Trinajstić information content (AvgIpc) is 2.57. The van der Waals surface area contributed by atoms with Crippen LogP contribution in [-0.2, 0) is 11.8 Å². The first-order valence-electron chi connectivity index (χ1n) is 7.73. The fourth-order valence-electron chi connectivity index (χ4n) is 2.80. The summed E-state index contributed by atoms with van der Waals surface area (Å²) in [5.41, 5.74) is 0.982. The highest BCUT2D eigenvalue weighted by atomic mass is 33.2. The molecule has 1 nitrogen and oxygen atoms in total. The Morgan fingerprint density at radius 1 is 1.15 bits per heavy atom. The summed E-state index contributed by atoms with van der Waals surface area (Å²) < 4.78 is 66.8. The van der Waals surface area contributed by atoms with Crippen LogP contribution in [-0.4, -0.2) is 16.0 Å². The summed E-state index contributed by atoms with van der Waals surface area (Å²) in [6.45, 7) is 7.61. The van der Waals surface area contributed by atoms with Crippen LogP contribution in [0.2, 0.25) is 0 Å². The highest BCUT2D eigenvalue weighted by molar-refractivity contribution is 8.94. The van der Waals surface area contributed by atoms with Crippen LogP contribution in [0, 0.1) is 35.0 Å². The molecule has 2 rings (SSSR count). The van der Waals surface area contributed by atoms with Gasteiger partial charge in [0.15, 0.2) is 23.3 Å². The van der Waals surface area contributed by atoms with Crippen molar-refractivity contribution in [3.63, 3.8) is 0 Å². The molecule has 10 heteroatoms. The fraction of sp³-hybridized carbons (Fsp3) is 0.500. The standard InChI is InChI=1S/C16H18F5OPS3/c1-7(2)8-4-5-16(3,9(22)6-8)26-23(24)25-15-13(20)11(18)10(17)12(19)14(15)21/h8-9,22-23H,1,4-6H2,2-3H3/t8-,9?,16+/m1/s1. The van der Waals surface area contributed by atoms with Gasteiger partial charge in [0, 0.05) is 4.75 Å². The van der Waals surface area contributed by atoms with Gasteiger partial charge in [-0.25, -0.2) is 22.0 Å². The van der Waals surface area contributed by atoms with Crippen LogP contribution in [0.4, 0.5) is 22.0 Å². The Labute approximate surface area is 162 Å². The molecular weight excluding hydrogens is 430 g/mol. The summed E-state index contributed by atoms with van der Waals surface area (Å²) in [6.07, 6.45) is 1.24. The van der Waals surface area contributed by atoms with Gasteiger partial charge in [0.1, 0.15) is 0 Å². The Morgan fingerprint density at radius 2 is 1.65 bits per heavy atom. The third-order valence-electron chi connectivity index (χ3n) is 4.57. The van der Waals surface area contributed by atoms with Crippen LogP contribution < -0.4 is 0 Å². The number of allylic oxidation sites excluding steroid dienone is 1. The third-order valence-corrected chi connectivity index (χ3v) is 12.4. The van der Waals surface area contributed by atoms with E-state index in [2.05, 4.69) is 6.58 Å². The molecule has 146 valence electrons. The molecule has 0 amide bonds. The van der Waals surface area contributed by atoms with Gasteiger partial charge >= 0.3 is 0 Å². The normalized spacial score (nSPS) is 27.4. The molecular formula is C16H18F5OPS3. The van der Waals surface area contributed by atoms with Crippen molar-refractivity contribution in [3.05, 3.63) is 41.2 Å². The van der Waals surface area contributed by atoms with Crippen molar-refractivity contribution < 1.29 is 27.1 Å². The molecule has 0 aliphatic heterocycles. The second-order valence-corrected chi connectivity index (χ2v) is 16.0. The van der Waals surface area contributed by atoms with Gasteiger partial charge < -0.3 is 5.11 Å². The predicted octanol–water partition coefficient (Wildman–Crippen LogP) is 6.21. The molecule has 0 spiro atoms. The van der Waals surface area contributed by atoms with Gasteiger partial charge in [-0.05, 0) is 39.0 Å². The Balaban J connectivity index is 2.16. The van der Waals surface area contributed by atoms with Gasteiger partial charge in [-0.15, -0.1) is 11.4 Å². The van der Waals surface area contributed by atoms with E-state index >= 15 is 0 Å². The summed E-state index contributed by atoms with van der Waals surface area (Å²) in [5, 5.41) is 8.42. The summed E-state index contributed by atoms with van der Waals surface area (Å²) in [6, 6.07) is 0. The first-order valence-corrected chi connectivity index (χ1v) is 13.4. The van der Waals surface area contributed by atoms with E-state index in [4.69, 9.17) is 11.8 Å².